The Kier molecular flexibility index (Phi) is 5.50. The van der Waals surface area contributed by atoms with Gasteiger partial charge in [0.25, 0.3) is 0 Å². The van der Waals surface area contributed by atoms with Crippen LogP contribution in [0.15, 0.2) is 34.4 Å². The zero-order valence-corrected chi connectivity index (χ0v) is 13.1. The molecule has 0 unspecified atom stereocenters. The van der Waals surface area contributed by atoms with Gasteiger partial charge >= 0.3 is 10.8 Å². The molecule has 1 aromatic heterocycles. The zero-order chi connectivity index (χ0) is 15.9. The van der Waals surface area contributed by atoms with Crippen molar-refractivity contribution in [2.24, 2.45) is 0 Å². The van der Waals surface area contributed by atoms with Crippen LogP contribution in [0.4, 0.5) is 0 Å². The molecule has 6 heteroatoms. The molecule has 0 aliphatic carbocycles. The van der Waals surface area contributed by atoms with Crippen molar-refractivity contribution < 1.29 is 9.53 Å². The highest BCUT2D eigenvalue weighted by Crippen LogP contribution is 2.07. The predicted molar refractivity (Wildman–Crippen MR) is 83.5 cm³/mol. The van der Waals surface area contributed by atoms with Crippen LogP contribution in [-0.2, 0) is 22.7 Å². The molecule has 1 aromatic carbocycles. The fourth-order valence-electron chi connectivity index (χ4n) is 1.97. The smallest absolute Gasteiger partial charge is 0.307 e. The number of rotatable bonds is 6. The molecule has 0 spiro atoms. The Labute approximate surface area is 132 Å². The Morgan fingerprint density at radius 1 is 1.36 bits per heavy atom. The van der Waals surface area contributed by atoms with E-state index in [1.54, 1.807) is 28.8 Å². The van der Waals surface area contributed by atoms with Crippen molar-refractivity contribution in [3.8, 4) is 6.07 Å². The minimum Gasteiger partial charge on any atom is -0.461 e. The highest BCUT2D eigenvalue weighted by Gasteiger charge is 2.06. The molecule has 1 heterocycles. The number of aryl methyl sites for hydroxylation is 1. The van der Waals surface area contributed by atoms with Crippen LogP contribution in [0.3, 0.4) is 0 Å². The first-order valence-electron chi connectivity index (χ1n) is 6.90. The first kappa shape index (κ1) is 16.0. The summed E-state index contributed by atoms with van der Waals surface area (Å²) in [6.07, 6.45) is 0.849. The van der Waals surface area contributed by atoms with E-state index >= 15 is 0 Å². The number of nitrogens with zero attached hydrogens (tertiary/aromatic N) is 2. The summed E-state index contributed by atoms with van der Waals surface area (Å²) in [5.41, 5.74) is 2.34. The second-order valence-electron chi connectivity index (χ2n) is 4.87. The highest BCUT2D eigenvalue weighted by atomic mass is 32.1. The number of aromatic nitrogens is 1. The van der Waals surface area contributed by atoms with Crippen molar-refractivity contribution in [3.05, 3.63) is 56.1 Å². The number of hydrogen-bond acceptors (Lipinski definition) is 5. The third-order valence-electron chi connectivity index (χ3n) is 3.22. The molecular weight excluding hydrogens is 300 g/mol. The largest absolute Gasteiger partial charge is 0.461 e. The van der Waals surface area contributed by atoms with Crippen molar-refractivity contribution in [1.29, 1.82) is 5.26 Å². The van der Waals surface area contributed by atoms with E-state index in [9.17, 15) is 9.59 Å². The number of benzene rings is 1. The summed E-state index contributed by atoms with van der Waals surface area (Å²) in [5, 5.41) is 10.5. The van der Waals surface area contributed by atoms with Gasteiger partial charge in [0.05, 0.1) is 11.6 Å². The number of ether oxygens (including phenoxy) is 1. The Morgan fingerprint density at radius 2 is 2.09 bits per heavy atom. The average molecular weight is 316 g/mol. The summed E-state index contributed by atoms with van der Waals surface area (Å²) >= 11 is 1.17. The second kappa shape index (κ2) is 7.57. The normalized spacial score (nSPS) is 10.2. The third kappa shape index (κ3) is 4.30. The van der Waals surface area contributed by atoms with E-state index in [2.05, 4.69) is 0 Å². The summed E-state index contributed by atoms with van der Waals surface area (Å²) in [4.78, 5) is 23.2. The molecule has 0 saturated carbocycles. The van der Waals surface area contributed by atoms with E-state index in [1.807, 2.05) is 18.4 Å². The molecule has 0 radical (unpaired) electrons. The molecule has 0 amide bonds. The fraction of sp³-hybridized carbons (Fsp3) is 0.312. The van der Waals surface area contributed by atoms with Crippen LogP contribution < -0.4 is 4.87 Å². The van der Waals surface area contributed by atoms with E-state index in [-0.39, 0.29) is 23.9 Å². The van der Waals surface area contributed by atoms with Crippen LogP contribution in [0, 0.1) is 18.3 Å². The molecule has 2 rings (SSSR count). The maximum Gasteiger partial charge on any atom is 0.307 e. The van der Waals surface area contributed by atoms with Gasteiger partial charge in [-0.25, -0.2) is 0 Å². The van der Waals surface area contributed by atoms with E-state index in [0.717, 1.165) is 11.3 Å². The summed E-state index contributed by atoms with van der Waals surface area (Å²) in [6, 6.07) is 8.94. The number of nitriles is 1. The van der Waals surface area contributed by atoms with Gasteiger partial charge in [-0.3, -0.25) is 9.59 Å². The maximum absolute atomic E-state index is 11.7. The monoisotopic (exact) mass is 316 g/mol. The van der Waals surface area contributed by atoms with Crippen LogP contribution in [0.1, 0.15) is 29.7 Å². The second-order valence-corrected chi connectivity index (χ2v) is 5.69. The molecule has 5 nitrogen and oxygen atoms in total. The van der Waals surface area contributed by atoms with E-state index in [0.29, 0.717) is 18.5 Å². The number of carbonyl (C=O) groups is 1. The van der Waals surface area contributed by atoms with Crippen LogP contribution in [0.5, 0.6) is 0 Å². The minimum atomic E-state index is -0.287. The van der Waals surface area contributed by atoms with E-state index < -0.39 is 0 Å². The lowest BCUT2D eigenvalue weighted by molar-refractivity contribution is -0.145. The van der Waals surface area contributed by atoms with Gasteiger partial charge in [-0.05, 0) is 31.0 Å². The van der Waals surface area contributed by atoms with Gasteiger partial charge in [0.2, 0.25) is 0 Å². The quantitative estimate of drug-likeness (QED) is 0.768. The van der Waals surface area contributed by atoms with Crippen LogP contribution >= 0.6 is 11.3 Å². The molecule has 2 aromatic rings. The molecule has 0 fully saturated rings. The van der Waals surface area contributed by atoms with Crippen molar-refractivity contribution in [2.45, 2.75) is 32.9 Å². The predicted octanol–water partition coefficient (Wildman–Crippen LogP) is 2.61. The van der Waals surface area contributed by atoms with Crippen molar-refractivity contribution in [1.82, 2.24) is 4.57 Å². The van der Waals surface area contributed by atoms with Gasteiger partial charge in [0.1, 0.15) is 6.61 Å². The van der Waals surface area contributed by atoms with Gasteiger partial charge in [0.15, 0.2) is 0 Å². The molecule has 114 valence electrons. The van der Waals surface area contributed by atoms with E-state index in [1.165, 1.54) is 11.3 Å². The maximum atomic E-state index is 11.7. The molecule has 0 aliphatic heterocycles. The summed E-state index contributed by atoms with van der Waals surface area (Å²) in [6.45, 7) is 2.60. The topological polar surface area (TPSA) is 72.1 Å². The zero-order valence-electron chi connectivity index (χ0n) is 12.2. The van der Waals surface area contributed by atoms with Crippen molar-refractivity contribution in [2.75, 3.05) is 0 Å². The minimum absolute atomic E-state index is 0.00319. The van der Waals surface area contributed by atoms with Crippen molar-refractivity contribution in [3.63, 3.8) is 0 Å². The Balaban J connectivity index is 1.74. The van der Waals surface area contributed by atoms with Gasteiger partial charge in [-0.2, -0.15) is 5.26 Å². The third-order valence-corrected chi connectivity index (χ3v) is 4.10. The standard InChI is InChI=1S/C16H16N2O3S/c1-12-11-22-16(20)18(12)8-2-3-15(19)21-10-14-6-4-13(9-17)5-7-14/h4-7,11H,2-3,8,10H2,1H3. The van der Waals surface area contributed by atoms with Crippen LogP contribution in [0.25, 0.3) is 0 Å². The number of esters is 1. The molecule has 22 heavy (non-hydrogen) atoms. The molecule has 0 atom stereocenters. The van der Waals surface area contributed by atoms with Crippen molar-refractivity contribution >= 4 is 17.3 Å². The summed E-state index contributed by atoms with van der Waals surface area (Å²) in [7, 11) is 0. The van der Waals surface area contributed by atoms with Gasteiger partial charge in [-0.1, -0.05) is 23.5 Å². The lowest BCUT2D eigenvalue weighted by Crippen LogP contribution is -2.15. The molecule has 0 bridgehead atoms. The van der Waals surface area contributed by atoms with Crippen LogP contribution in [0.2, 0.25) is 0 Å². The Hall–Kier alpha value is -2.39. The Morgan fingerprint density at radius 3 is 2.68 bits per heavy atom. The molecule has 0 saturated heterocycles. The van der Waals surface area contributed by atoms with Gasteiger partial charge in [0, 0.05) is 24.0 Å². The lowest BCUT2D eigenvalue weighted by atomic mass is 10.2. The number of thiazole rings is 1. The SMILES string of the molecule is Cc1csc(=O)n1CCCC(=O)OCc1ccc(C#N)cc1. The highest BCUT2D eigenvalue weighted by molar-refractivity contribution is 7.07. The summed E-state index contributed by atoms with van der Waals surface area (Å²) in [5.74, 6) is -0.287. The van der Waals surface area contributed by atoms with E-state index in [4.69, 9.17) is 10.00 Å². The van der Waals surface area contributed by atoms with Gasteiger partial charge in [-0.15, -0.1) is 0 Å². The van der Waals surface area contributed by atoms with Gasteiger partial charge < -0.3 is 9.30 Å². The lowest BCUT2D eigenvalue weighted by Gasteiger charge is -2.06. The molecule has 0 aliphatic rings. The first-order chi connectivity index (χ1) is 10.6. The molecular formula is C16H16N2O3S. The summed E-state index contributed by atoms with van der Waals surface area (Å²) < 4.78 is 6.84. The number of carbonyl (C=O) groups excluding carboxylic acids is 1. The molecule has 0 N–H and O–H groups in total. The van der Waals surface area contributed by atoms with Crippen LogP contribution in [-0.4, -0.2) is 10.5 Å². The number of hydrogen-bond donors (Lipinski definition) is 0. The first-order valence-corrected chi connectivity index (χ1v) is 7.77. The Bertz CT molecular complexity index is 738. The average Bonchev–Trinajstić information content (AvgIpc) is 2.85. The fourth-order valence-corrected chi connectivity index (χ4v) is 2.73.